The second kappa shape index (κ2) is 11.3. The molecular formula is C30H27BrN2O6S. The molecule has 0 radical (unpaired) electrons. The average molecular weight is 624 g/mol. The summed E-state index contributed by atoms with van der Waals surface area (Å²) in [5.74, 6) is -1.46. The van der Waals surface area contributed by atoms with Crippen LogP contribution in [0.4, 0.5) is 5.13 Å². The number of aromatic hydroxyl groups is 1. The molecule has 1 unspecified atom stereocenters. The van der Waals surface area contributed by atoms with Gasteiger partial charge in [0.15, 0.2) is 16.6 Å². The third-order valence-electron chi connectivity index (χ3n) is 6.64. The van der Waals surface area contributed by atoms with Gasteiger partial charge in [-0.3, -0.25) is 14.5 Å². The number of unbranched alkanes of at least 4 members (excludes halogenated alkanes) is 1. The quantitative estimate of drug-likeness (QED) is 0.0953. The molecule has 1 atom stereocenters. The molecule has 8 nitrogen and oxygen atoms in total. The Bertz CT molecular complexity index is 1660. The van der Waals surface area contributed by atoms with Crippen LogP contribution < -0.4 is 14.4 Å². The van der Waals surface area contributed by atoms with Gasteiger partial charge in [-0.1, -0.05) is 42.9 Å². The fraction of sp³-hybridized carbons (Fsp3) is 0.233. The number of nitrogens with zero attached hydrogens (tertiary/aromatic N) is 2. The number of aryl methyl sites for hydroxylation is 1. The summed E-state index contributed by atoms with van der Waals surface area (Å²) in [6, 6.07) is 14.6. The lowest BCUT2D eigenvalue weighted by Gasteiger charge is -2.24. The number of hydrogen-bond donors (Lipinski definition) is 2. The number of amides is 1. The summed E-state index contributed by atoms with van der Waals surface area (Å²) < 4.78 is 12.3. The zero-order valence-corrected chi connectivity index (χ0v) is 24.5. The molecule has 0 spiro atoms. The van der Waals surface area contributed by atoms with Crippen molar-refractivity contribution in [3.8, 4) is 17.2 Å². The number of rotatable bonds is 8. The van der Waals surface area contributed by atoms with Crippen molar-refractivity contribution in [3.63, 3.8) is 0 Å². The predicted octanol–water partition coefficient (Wildman–Crippen LogP) is 6.89. The van der Waals surface area contributed by atoms with E-state index in [1.807, 2.05) is 25.1 Å². The van der Waals surface area contributed by atoms with Crippen LogP contribution in [0.2, 0.25) is 0 Å². The molecule has 2 N–H and O–H groups in total. The largest absolute Gasteiger partial charge is 0.507 e. The fourth-order valence-corrected chi connectivity index (χ4v) is 6.15. The first kappa shape index (κ1) is 27.7. The number of aromatic nitrogens is 1. The van der Waals surface area contributed by atoms with E-state index in [4.69, 9.17) is 9.47 Å². The van der Waals surface area contributed by atoms with Crippen molar-refractivity contribution in [1.29, 1.82) is 0 Å². The van der Waals surface area contributed by atoms with Crippen molar-refractivity contribution in [1.82, 2.24) is 4.98 Å². The molecule has 4 aromatic rings. The molecule has 1 aromatic heterocycles. The summed E-state index contributed by atoms with van der Waals surface area (Å²) >= 11 is 4.62. The molecule has 5 rings (SSSR count). The highest BCUT2D eigenvalue weighted by Crippen LogP contribution is 2.47. The topological polar surface area (TPSA) is 109 Å². The van der Waals surface area contributed by atoms with E-state index in [1.165, 1.54) is 23.3 Å². The Balaban J connectivity index is 1.70. The van der Waals surface area contributed by atoms with Crippen molar-refractivity contribution in [2.45, 2.75) is 32.7 Å². The molecular weight excluding hydrogens is 596 g/mol. The Labute approximate surface area is 243 Å². The number of phenolic OH excluding ortho intramolecular Hbond substituents is 1. The van der Waals surface area contributed by atoms with Gasteiger partial charge in [-0.15, -0.1) is 0 Å². The minimum Gasteiger partial charge on any atom is -0.507 e. The number of thiazole rings is 1. The third-order valence-corrected chi connectivity index (χ3v) is 8.27. The second-order valence-electron chi connectivity index (χ2n) is 9.42. The van der Waals surface area contributed by atoms with Crippen LogP contribution in [0.1, 0.15) is 42.5 Å². The van der Waals surface area contributed by atoms with E-state index in [0.717, 1.165) is 23.1 Å². The minimum atomic E-state index is -1.04. The van der Waals surface area contributed by atoms with E-state index in [1.54, 1.807) is 36.4 Å². The lowest BCUT2D eigenvalue weighted by atomic mass is 9.95. The highest BCUT2D eigenvalue weighted by Gasteiger charge is 2.48. The van der Waals surface area contributed by atoms with Gasteiger partial charge in [0.25, 0.3) is 5.78 Å². The van der Waals surface area contributed by atoms with Crippen LogP contribution in [-0.2, 0) is 9.59 Å². The number of hydrogen-bond acceptors (Lipinski definition) is 8. The summed E-state index contributed by atoms with van der Waals surface area (Å²) in [4.78, 5) is 33.2. The van der Waals surface area contributed by atoms with E-state index < -0.39 is 17.7 Å². The maximum absolute atomic E-state index is 13.6. The third kappa shape index (κ3) is 5.04. The van der Waals surface area contributed by atoms with Gasteiger partial charge in [-0.2, -0.15) is 0 Å². The zero-order valence-electron chi connectivity index (χ0n) is 22.1. The molecule has 1 aliphatic rings. The Morgan fingerprint density at radius 3 is 2.70 bits per heavy atom. The molecule has 3 aromatic carbocycles. The number of ketones is 1. The highest BCUT2D eigenvalue weighted by molar-refractivity contribution is 9.10. The van der Waals surface area contributed by atoms with E-state index in [0.29, 0.717) is 38.6 Å². The van der Waals surface area contributed by atoms with Crippen LogP contribution in [0.5, 0.6) is 17.2 Å². The van der Waals surface area contributed by atoms with E-state index in [2.05, 4.69) is 27.8 Å². The van der Waals surface area contributed by atoms with Crippen LogP contribution in [0, 0.1) is 6.92 Å². The SMILES string of the molecule is CCCCOc1cccc(C(O)=C2C(=O)C(=O)N(c3nc4ccc(C)cc4s3)C2c2cc(Br)c(O)c(OC)c2)c1. The molecule has 0 bridgehead atoms. The van der Waals surface area contributed by atoms with Gasteiger partial charge in [0.2, 0.25) is 0 Å². The van der Waals surface area contributed by atoms with Crippen LogP contribution in [0.25, 0.3) is 16.0 Å². The molecule has 1 amide bonds. The lowest BCUT2D eigenvalue weighted by molar-refractivity contribution is -0.132. The van der Waals surface area contributed by atoms with Gasteiger partial charge < -0.3 is 19.7 Å². The molecule has 0 saturated carbocycles. The molecule has 1 fully saturated rings. The monoisotopic (exact) mass is 622 g/mol. The molecule has 10 heteroatoms. The van der Waals surface area contributed by atoms with Gasteiger partial charge >= 0.3 is 5.91 Å². The Morgan fingerprint density at radius 2 is 1.95 bits per heavy atom. The Kier molecular flexibility index (Phi) is 7.82. The molecule has 1 aliphatic heterocycles. The van der Waals surface area contributed by atoms with Crippen LogP contribution in [0.15, 0.2) is 64.6 Å². The number of aliphatic hydroxyl groups is 1. The standard InChI is InChI=1S/C30H27BrN2O6S/c1-4-5-11-39-19-8-6-7-17(13-19)26(34)24-25(18-14-20(31)27(35)22(15-18)38-3)33(29(37)28(24)36)30-32-21-10-9-16(2)12-23(21)40-30/h6-10,12-15,25,34-35H,4-5,11H2,1-3H3. The Morgan fingerprint density at radius 1 is 1.15 bits per heavy atom. The summed E-state index contributed by atoms with van der Waals surface area (Å²) in [5.41, 5.74) is 2.39. The summed E-state index contributed by atoms with van der Waals surface area (Å²) in [5, 5.41) is 22.3. The van der Waals surface area contributed by atoms with Crippen LogP contribution >= 0.6 is 27.3 Å². The fourth-order valence-electron chi connectivity index (χ4n) is 4.60. The zero-order chi connectivity index (χ0) is 28.6. The molecule has 2 heterocycles. The number of anilines is 1. The van der Waals surface area contributed by atoms with Crippen LogP contribution in [-0.4, -0.2) is 40.6 Å². The van der Waals surface area contributed by atoms with Crippen molar-refractivity contribution in [2.75, 3.05) is 18.6 Å². The number of Topliss-reactive ketones (excluding diaryl/α,β-unsaturated/α-hetero) is 1. The van der Waals surface area contributed by atoms with E-state index in [-0.39, 0.29) is 22.8 Å². The van der Waals surface area contributed by atoms with Crippen molar-refractivity contribution in [3.05, 3.63) is 81.3 Å². The van der Waals surface area contributed by atoms with E-state index in [9.17, 15) is 19.8 Å². The van der Waals surface area contributed by atoms with Crippen molar-refractivity contribution >= 4 is 60.1 Å². The first-order chi connectivity index (χ1) is 19.2. The molecule has 206 valence electrons. The van der Waals surface area contributed by atoms with Gasteiger partial charge in [-0.25, -0.2) is 4.98 Å². The second-order valence-corrected chi connectivity index (χ2v) is 11.3. The highest BCUT2D eigenvalue weighted by atomic mass is 79.9. The first-order valence-electron chi connectivity index (χ1n) is 12.7. The van der Waals surface area contributed by atoms with Gasteiger partial charge in [0, 0.05) is 5.56 Å². The smallest absolute Gasteiger partial charge is 0.301 e. The maximum atomic E-state index is 13.6. The lowest BCUT2D eigenvalue weighted by Crippen LogP contribution is -2.29. The van der Waals surface area contributed by atoms with Crippen LogP contribution in [0.3, 0.4) is 0 Å². The van der Waals surface area contributed by atoms with E-state index >= 15 is 0 Å². The number of fused-ring (bicyclic) bond motifs is 1. The Hall–Kier alpha value is -3.89. The average Bonchev–Trinajstić information content (AvgIpc) is 3.47. The molecule has 0 aliphatic carbocycles. The number of phenols is 1. The number of carbonyl (C=O) groups is 2. The minimum absolute atomic E-state index is 0.106. The molecule has 1 saturated heterocycles. The summed E-state index contributed by atoms with van der Waals surface area (Å²) in [6.07, 6.45) is 1.85. The number of aliphatic hydroxyl groups excluding tert-OH is 1. The number of methoxy groups -OCH3 is 1. The first-order valence-corrected chi connectivity index (χ1v) is 14.3. The molecule has 40 heavy (non-hydrogen) atoms. The summed E-state index contributed by atoms with van der Waals surface area (Å²) in [7, 11) is 1.40. The summed E-state index contributed by atoms with van der Waals surface area (Å²) in [6.45, 7) is 4.54. The van der Waals surface area contributed by atoms with Gasteiger partial charge in [0.05, 0.1) is 40.0 Å². The number of carbonyl (C=O) groups excluding carboxylic acids is 2. The van der Waals surface area contributed by atoms with Gasteiger partial charge in [0.1, 0.15) is 11.5 Å². The normalized spacial score (nSPS) is 16.6. The van der Waals surface area contributed by atoms with Crippen molar-refractivity contribution < 1.29 is 29.3 Å². The van der Waals surface area contributed by atoms with Crippen molar-refractivity contribution in [2.24, 2.45) is 0 Å². The predicted molar refractivity (Wildman–Crippen MR) is 158 cm³/mol. The number of benzene rings is 3. The maximum Gasteiger partial charge on any atom is 0.301 e. The number of halogens is 1. The van der Waals surface area contributed by atoms with Gasteiger partial charge in [-0.05, 0) is 76.8 Å². The number of ether oxygens (including phenoxy) is 2.